The molecule has 22 heavy (non-hydrogen) atoms. The summed E-state index contributed by atoms with van der Waals surface area (Å²) in [6, 6.07) is 6.33. The summed E-state index contributed by atoms with van der Waals surface area (Å²) in [5.74, 6) is -1.83. The molecule has 1 aliphatic carbocycles. The number of rotatable bonds is 2. The molecule has 0 amide bonds. The summed E-state index contributed by atoms with van der Waals surface area (Å²) in [6.45, 7) is 1.96. The van der Waals surface area contributed by atoms with E-state index in [1.54, 1.807) is 0 Å². The van der Waals surface area contributed by atoms with Crippen molar-refractivity contribution in [3.8, 4) is 18.2 Å². The first kappa shape index (κ1) is 14.8. The van der Waals surface area contributed by atoms with Crippen LogP contribution >= 0.6 is 0 Å². The molecular weight excluding hydrogens is 280 g/mol. The number of fused-ring (bicyclic) bond motifs is 2. The lowest BCUT2D eigenvalue weighted by molar-refractivity contribution is -0.358. The molecule has 0 unspecified atom stereocenters. The van der Waals surface area contributed by atoms with Crippen LogP contribution < -0.4 is 0 Å². The van der Waals surface area contributed by atoms with E-state index >= 15 is 0 Å². The number of hydrogen-bond acceptors (Lipinski definition) is 6. The second kappa shape index (κ2) is 4.70. The average Bonchev–Trinajstić information content (AvgIpc) is 2.53. The Hall–Kier alpha value is -2.10. The van der Waals surface area contributed by atoms with Crippen molar-refractivity contribution in [3.05, 3.63) is 0 Å². The summed E-state index contributed by atoms with van der Waals surface area (Å²) in [4.78, 5) is 0. The first-order chi connectivity index (χ1) is 10.6. The van der Waals surface area contributed by atoms with Crippen LogP contribution in [0.25, 0.3) is 0 Å². The van der Waals surface area contributed by atoms with Crippen LogP contribution in [0.2, 0.25) is 0 Å². The summed E-state index contributed by atoms with van der Waals surface area (Å²) in [7, 11) is 0. The van der Waals surface area contributed by atoms with Gasteiger partial charge < -0.3 is 9.47 Å². The average molecular weight is 298 g/mol. The molecule has 2 bridgehead atoms. The number of hydrogen-bond donors (Lipinski definition) is 1. The molecule has 0 radical (unpaired) electrons. The fourth-order valence-electron chi connectivity index (χ4n) is 4.49. The Labute approximate surface area is 129 Å². The van der Waals surface area contributed by atoms with E-state index in [0.717, 1.165) is 19.3 Å². The zero-order chi connectivity index (χ0) is 16.0. The van der Waals surface area contributed by atoms with Gasteiger partial charge >= 0.3 is 0 Å². The predicted octanol–water partition coefficient (Wildman–Crippen LogP) is 2.62. The number of nitrogens with one attached hydrogen (secondary N) is 1. The predicted molar refractivity (Wildman–Crippen MR) is 75.0 cm³/mol. The smallest absolute Gasteiger partial charge is 0.217 e. The lowest BCUT2D eigenvalue weighted by Crippen LogP contribution is -2.75. The van der Waals surface area contributed by atoms with Crippen LogP contribution in [0.3, 0.4) is 0 Å². The zero-order valence-electron chi connectivity index (χ0n) is 12.6. The SMILES string of the molecule is CCC[C@@H]1O[C@@]23CCCC[C@@H]2C(C#N)(C#N)[C@@]1(C#N)C(=N)O3. The van der Waals surface area contributed by atoms with Gasteiger partial charge in [-0.05, 0) is 19.3 Å². The molecule has 1 saturated carbocycles. The van der Waals surface area contributed by atoms with Gasteiger partial charge in [0.25, 0.3) is 0 Å². The van der Waals surface area contributed by atoms with E-state index < -0.39 is 28.6 Å². The molecule has 1 spiro atoms. The van der Waals surface area contributed by atoms with Crippen LogP contribution in [0, 0.1) is 56.2 Å². The van der Waals surface area contributed by atoms with Crippen LogP contribution in [-0.4, -0.2) is 17.8 Å². The lowest BCUT2D eigenvalue weighted by atomic mass is 9.48. The van der Waals surface area contributed by atoms with Gasteiger partial charge in [-0.1, -0.05) is 19.8 Å². The second-order valence-corrected chi connectivity index (χ2v) is 6.39. The molecule has 0 aromatic carbocycles. The van der Waals surface area contributed by atoms with Crippen molar-refractivity contribution in [2.75, 3.05) is 0 Å². The molecule has 6 heteroatoms. The van der Waals surface area contributed by atoms with Gasteiger partial charge in [-0.25, -0.2) is 0 Å². The highest BCUT2D eigenvalue weighted by atomic mass is 16.7. The maximum Gasteiger partial charge on any atom is 0.217 e. The van der Waals surface area contributed by atoms with E-state index in [2.05, 4.69) is 18.2 Å². The molecule has 4 aliphatic rings. The lowest BCUT2D eigenvalue weighted by Gasteiger charge is -2.63. The van der Waals surface area contributed by atoms with Crippen LogP contribution in [0.1, 0.15) is 45.4 Å². The minimum atomic E-state index is -1.63. The maximum absolute atomic E-state index is 9.87. The van der Waals surface area contributed by atoms with Crippen molar-refractivity contribution < 1.29 is 9.47 Å². The summed E-state index contributed by atoms with van der Waals surface area (Å²) in [6.07, 6.45) is 3.54. The van der Waals surface area contributed by atoms with E-state index in [1.807, 2.05) is 6.92 Å². The Balaban J connectivity index is 2.27. The van der Waals surface area contributed by atoms with Crippen molar-refractivity contribution in [2.45, 2.75) is 57.3 Å². The van der Waals surface area contributed by atoms with Gasteiger partial charge in [0.2, 0.25) is 11.7 Å². The highest BCUT2D eigenvalue weighted by Crippen LogP contribution is 2.66. The summed E-state index contributed by atoms with van der Waals surface area (Å²) >= 11 is 0. The molecule has 3 saturated heterocycles. The highest BCUT2D eigenvalue weighted by molar-refractivity contribution is 5.88. The van der Waals surface area contributed by atoms with Crippen molar-refractivity contribution in [1.29, 1.82) is 21.2 Å². The Kier molecular flexibility index (Phi) is 3.17. The molecule has 3 aliphatic heterocycles. The van der Waals surface area contributed by atoms with Gasteiger partial charge in [-0.3, -0.25) is 5.41 Å². The summed E-state index contributed by atoms with van der Waals surface area (Å²) < 4.78 is 11.9. The Morgan fingerprint density at radius 1 is 1.23 bits per heavy atom. The first-order valence-electron chi connectivity index (χ1n) is 7.76. The van der Waals surface area contributed by atoms with Crippen LogP contribution in [0.5, 0.6) is 0 Å². The van der Waals surface area contributed by atoms with Gasteiger partial charge in [0.15, 0.2) is 10.8 Å². The Bertz CT molecular complexity index is 626. The first-order valence-corrected chi connectivity index (χ1v) is 7.76. The monoisotopic (exact) mass is 298 g/mol. The van der Waals surface area contributed by atoms with Gasteiger partial charge in [0.1, 0.15) is 0 Å². The molecule has 0 aromatic heterocycles. The molecule has 0 aromatic rings. The molecule has 3 heterocycles. The fourth-order valence-corrected chi connectivity index (χ4v) is 4.49. The van der Waals surface area contributed by atoms with E-state index in [4.69, 9.17) is 14.9 Å². The third-order valence-electron chi connectivity index (χ3n) is 5.48. The number of nitriles is 3. The molecule has 4 fully saturated rings. The third kappa shape index (κ3) is 1.38. The van der Waals surface area contributed by atoms with Crippen LogP contribution in [0.4, 0.5) is 0 Å². The maximum atomic E-state index is 9.87. The van der Waals surface area contributed by atoms with E-state index in [1.165, 1.54) is 0 Å². The van der Waals surface area contributed by atoms with Gasteiger partial charge in [0.05, 0.1) is 30.2 Å². The highest BCUT2D eigenvalue weighted by Gasteiger charge is 2.79. The largest absolute Gasteiger partial charge is 0.447 e. The Morgan fingerprint density at radius 2 is 1.95 bits per heavy atom. The Morgan fingerprint density at radius 3 is 2.55 bits per heavy atom. The molecule has 1 N–H and O–H groups in total. The summed E-state index contributed by atoms with van der Waals surface area (Å²) in [5, 5.41) is 37.9. The minimum Gasteiger partial charge on any atom is -0.447 e. The zero-order valence-corrected chi connectivity index (χ0v) is 12.6. The van der Waals surface area contributed by atoms with Crippen molar-refractivity contribution in [3.63, 3.8) is 0 Å². The molecule has 4 rings (SSSR count). The van der Waals surface area contributed by atoms with E-state index in [0.29, 0.717) is 19.3 Å². The van der Waals surface area contributed by atoms with Gasteiger partial charge in [0, 0.05) is 6.42 Å². The topological polar surface area (TPSA) is 114 Å². The number of ether oxygens (including phenoxy) is 2. The standard InChI is InChI=1S/C16H18N4O2/c1-2-5-12-15(10-19)13(20)22-16(21-12)7-4-3-6-11(16)14(15,8-17)9-18/h11-12,20H,2-7H2,1H3/t11-,12+,15-,16-/m1/s1. The molecule has 4 atom stereocenters. The van der Waals surface area contributed by atoms with Crippen molar-refractivity contribution in [2.24, 2.45) is 16.7 Å². The normalized spacial score (nSPS) is 41.5. The molecule has 114 valence electrons. The summed E-state index contributed by atoms with van der Waals surface area (Å²) in [5.41, 5.74) is -3.20. The number of nitrogens with zero attached hydrogens (tertiary/aromatic N) is 3. The quantitative estimate of drug-likeness (QED) is 0.841. The second-order valence-electron chi connectivity index (χ2n) is 6.39. The molecular formula is C16H18N4O2. The van der Waals surface area contributed by atoms with Crippen LogP contribution in [0.15, 0.2) is 0 Å². The van der Waals surface area contributed by atoms with Gasteiger partial charge in [-0.2, -0.15) is 15.8 Å². The third-order valence-corrected chi connectivity index (χ3v) is 5.48. The van der Waals surface area contributed by atoms with Gasteiger partial charge in [-0.15, -0.1) is 0 Å². The minimum absolute atomic E-state index is 0.263. The van der Waals surface area contributed by atoms with E-state index in [9.17, 15) is 15.8 Å². The van der Waals surface area contributed by atoms with E-state index in [-0.39, 0.29) is 5.90 Å². The van der Waals surface area contributed by atoms with Crippen LogP contribution in [-0.2, 0) is 9.47 Å². The fraction of sp³-hybridized carbons (Fsp3) is 0.750. The van der Waals surface area contributed by atoms with Crippen molar-refractivity contribution in [1.82, 2.24) is 0 Å². The van der Waals surface area contributed by atoms with Crippen molar-refractivity contribution >= 4 is 5.90 Å². The molecule has 6 nitrogen and oxygen atoms in total.